The molecule has 0 saturated heterocycles. The Kier molecular flexibility index (Phi) is 6.30. The summed E-state index contributed by atoms with van der Waals surface area (Å²) in [6.45, 7) is 6.03. The molecule has 2 aromatic carbocycles. The molecule has 2 aromatic rings. The lowest BCUT2D eigenvalue weighted by Crippen LogP contribution is -2.26. The van der Waals surface area contributed by atoms with Gasteiger partial charge in [-0.05, 0) is 38.0 Å². The molecule has 0 radical (unpaired) electrons. The molecule has 0 fully saturated rings. The number of halogens is 1. The molecule has 0 bridgehead atoms. The molecule has 1 amide bonds. The highest BCUT2D eigenvalue weighted by Gasteiger charge is 2.12. The minimum atomic E-state index is -0.575. The Morgan fingerprint density at radius 3 is 2.50 bits per heavy atom. The molecule has 0 atom stereocenters. The predicted octanol–water partition coefficient (Wildman–Crippen LogP) is 3.74. The van der Waals surface area contributed by atoms with Crippen LogP contribution in [0.5, 0.6) is 0 Å². The van der Waals surface area contributed by atoms with Crippen molar-refractivity contribution >= 4 is 35.1 Å². The number of carbonyl (C=O) groups excluding carboxylic acids is 1. The maximum Gasteiger partial charge on any atom is 0.288 e. The molecule has 26 heavy (non-hydrogen) atoms. The number of hydrazone groups is 1. The van der Waals surface area contributed by atoms with E-state index in [4.69, 9.17) is 11.6 Å². The number of nitro groups is 1. The first-order valence-electron chi connectivity index (χ1n) is 7.85. The zero-order chi connectivity index (χ0) is 19.3. The van der Waals surface area contributed by atoms with Crippen LogP contribution in [0.1, 0.15) is 22.3 Å². The van der Waals surface area contributed by atoms with Gasteiger partial charge in [0.1, 0.15) is 5.02 Å². The Balaban J connectivity index is 1.94. The van der Waals surface area contributed by atoms with Crippen LogP contribution in [0.3, 0.4) is 0 Å². The second-order valence-corrected chi connectivity index (χ2v) is 6.30. The topological polar surface area (TPSA) is 96.6 Å². The van der Waals surface area contributed by atoms with Gasteiger partial charge in [-0.25, -0.2) is 5.43 Å². The fourth-order valence-electron chi connectivity index (χ4n) is 2.60. The third kappa shape index (κ3) is 5.03. The van der Waals surface area contributed by atoms with Gasteiger partial charge in [0.15, 0.2) is 0 Å². The predicted molar refractivity (Wildman–Crippen MR) is 103 cm³/mol. The monoisotopic (exact) mass is 374 g/mol. The molecule has 0 heterocycles. The minimum absolute atomic E-state index is 0.0456. The molecule has 0 spiro atoms. The third-order valence-electron chi connectivity index (χ3n) is 3.67. The first kappa shape index (κ1) is 19.4. The summed E-state index contributed by atoms with van der Waals surface area (Å²) < 4.78 is 0. The van der Waals surface area contributed by atoms with E-state index in [1.54, 1.807) is 6.07 Å². The third-order valence-corrected chi connectivity index (χ3v) is 3.99. The fraction of sp³-hybridized carbons (Fsp3) is 0.222. The van der Waals surface area contributed by atoms with Gasteiger partial charge >= 0.3 is 0 Å². The van der Waals surface area contributed by atoms with Gasteiger partial charge in [0.2, 0.25) is 0 Å². The van der Waals surface area contributed by atoms with E-state index in [0.29, 0.717) is 5.56 Å². The minimum Gasteiger partial charge on any atom is -0.376 e. The molecule has 136 valence electrons. The molecule has 2 N–H and O–H groups in total. The SMILES string of the molecule is Cc1cc(C)c(NCC(=O)N/N=C\c2ccc(Cl)c([N+](=O)[O-])c2)c(C)c1. The Morgan fingerprint density at radius 1 is 1.23 bits per heavy atom. The summed E-state index contributed by atoms with van der Waals surface area (Å²) in [4.78, 5) is 22.2. The molecule has 0 saturated carbocycles. The van der Waals surface area contributed by atoms with Gasteiger partial charge < -0.3 is 5.32 Å². The molecular formula is C18H19ClN4O3. The van der Waals surface area contributed by atoms with Crippen LogP contribution in [0.2, 0.25) is 5.02 Å². The second kappa shape index (κ2) is 8.44. The molecule has 0 aromatic heterocycles. The maximum absolute atomic E-state index is 11.9. The fourth-order valence-corrected chi connectivity index (χ4v) is 2.78. The van der Waals surface area contributed by atoms with Crippen LogP contribution in [0.25, 0.3) is 0 Å². The quantitative estimate of drug-likeness (QED) is 0.457. The van der Waals surface area contributed by atoms with Crippen molar-refractivity contribution in [3.63, 3.8) is 0 Å². The van der Waals surface area contributed by atoms with Gasteiger partial charge in [0, 0.05) is 17.3 Å². The second-order valence-electron chi connectivity index (χ2n) is 5.89. The van der Waals surface area contributed by atoms with Gasteiger partial charge in [0.05, 0.1) is 17.7 Å². The van der Waals surface area contributed by atoms with Crippen LogP contribution in [-0.4, -0.2) is 23.6 Å². The van der Waals surface area contributed by atoms with E-state index in [1.165, 1.54) is 18.3 Å². The number of aryl methyl sites for hydroxylation is 3. The molecular weight excluding hydrogens is 356 g/mol. The number of nitro benzene ring substituents is 1. The molecule has 0 aliphatic carbocycles. The zero-order valence-electron chi connectivity index (χ0n) is 14.7. The number of rotatable bonds is 6. The van der Waals surface area contributed by atoms with Crippen molar-refractivity contribution in [2.75, 3.05) is 11.9 Å². The number of carbonyl (C=O) groups is 1. The highest BCUT2D eigenvalue weighted by Crippen LogP contribution is 2.24. The number of benzene rings is 2. The first-order valence-corrected chi connectivity index (χ1v) is 8.23. The van der Waals surface area contributed by atoms with Crippen molar-refractivity contribution in [2.24, 2.45) is 5.10 Å². The Hall–Kier alpha value is -2.93. The summed E-state index contributed by atoms with van der Waals surface area (Å²) in [5, 5.41) is 17.8. The number of anilines is 1. The van der Waals surface area contributed by atoms with Crippen molar-refractivity contribution in [3.05, 3.63) is 67.7 Å². The summed E-state index contributed by atoms with van der Waals surface area (Å²) in [6.07, 6.45) is 1.32. The van der Waals surface area contributed by atoms with E-state index in [1.807, 2.05) is 32.9 Å². The molecule has 7 nitrogen and oxygen atoms in total. The van der Waals surface area contributed by atoms with Crippen LogP contribution in [0, 0.1) is 30.9 Å². The van der Waals surface area contributed by atoms with Crippen molar-refractivity contribution in [1.82, 2.24) is 5.43 Å². The normalized spacial score (nSPS) is 10.8. The molecule has 0 unspecified atom stereocenters. The molecule has 2 rings (SSSR count). The van der Waals surface area contributed by atoms with E-state index in [9.17, 15) is 14.9 Å². The van der Waals surface area contributed by atoms with Crippen molar-refractivity contribution < 1.29 is 9.72 Å². The van der Waals surface area contributed by atoms with Crippen LogP contribution in [0.4, 0.5) is 11.4 Å². The molecule has 8 heteroatoms. The highest BCUT2D eigenvalue weighted by atomic mass is 35.5. The van der Waals surface area contributed by atoms with Crippen LogP contribution < -0.4 is 10.7 Å². The van der Waals surface area contributed by atoms with E-state index >= 15 is 0 Å². The smallest absolute Gasteiger partial charge is 0.288 e. The van der Waals surface area contributed by atoms with Gasteiger partial charge in [-0.2, -0.15) is 5.10 Å². The summed E-state index contributed by atoms with van der Waals surface area (Å²) >= 11 is 5.75. The lowest BCUT2D eigenvalue weighted by atomic mass is 10.1. The number of amides is 1. The Morgan fingerprint density at radius 2 is 1.88 bits per heavy atom. The number of nitrogens with zero attached hydrogens (tertiary/aromatic N) is 2. The van der Waals surface area contributed by atoms with Crippen molar-refractivity contribution in [2.45, 2.75) is 20.8 Å². The summed E-state index contributed by atoms with van der Waals surface area (Å²) in [5.41, 5.74) is 6.83. The average Bonchev–Trinajstić information content (AvgIpc) is 2.55. The standard InChI is InChI=1S/C18H19ClN4O3/c1-11-6-12(2)18(13(3)7-11)20-10-17(24)22-21-9-14-4-5-15(19)16(8-14)23(25)26/h4-9,20H,10H2,1-3H3,(H,22,24)/b21-9-. The first-order chi connectivity index (χ1) is 12.3. The van der Waals surface area contributed by atoms with E-state index < -0.39 is 4.92 Å². The van der Waals surface area contributed by atoms with Gasteiger partial charge in [-0.3, -0.25) is 14.9 Å². The summed E-state index contributed by atoms with van der Waals surface area (Å²) in [6, 6.07) is 8.35. The number of hydrogen-bond donors (Lipinski definition) is 2. The van der Waals surface area contributed by atoms with Crippen LogP contribution in [-0.2, 0) is 4.79 Å². The van der Waals surface area contributed by atoms with Gasteiger partial charge in [0.25, 0.3) is 11.6 Å². The Bertz CT molecular complexity index is 858. The summed E-state index contributed by atoms with van der Waals surface area (Å²) in [7, 11) is 0. The average molecular weight is 375 g/mol. The molecule has 0 aliphatic rings. The maximum atomic E-state index is 11.9. The van der Waals surface area contributed by atoms with Crippen molar-refractivity contribution in [1.29, 1.82) is 0 Å². The van der Waals surface area contributed by atoms with E-state index in [0.717, 1.165) is 22.4 Å². The summed E-state index contributed by atoms with van der Waals surface area (Å²) in [5.74, 6) is -0.330. The van der Waals surface area contributed by atoms with E-state index in [2.05, 4.69) is 15.8 Å². The van der Waals surface area contributed by atoms with Gasteiger partial charge in [-0.1, -0.05) is 35.4 Å². The highest BCUT2D eigenvalue weighted by molar-refractivity contribution is 6.32. The van der Waals surface area contributed by atoms with E-state index in [-0.39, 0.29) is 23.2 Å². The van der Waals surface area contributed by atoms with Crippen molar-refractivity contribution in [3.8, 4) is 0 Å². The zero-order valence-corrected chi connectivity index (χ0v) is 15.4. The molecule has 0 aliphatic heterocycles. The lowest BCUT2D eigenvalue weighted by Gasteiger charge is -2.13. The largest absolute Gasteiger partial charge is 0.376 e. The van der Waals surface area contributed by atoms with Gasteiger partial charge in [-0.15, -0.1) is 0 Å². The number of nitrogens with one attached hydrogen (secondary N) is 2. The number of hydrogen-bond acceptors (Lipinski definition) is 5. The lowest BCUT2D eigenvalue weighted by molar-refractivity contribution is -0.384. The van der Waals surface area contributed by atoms with Crippen LogP contribution >= 0.6 is 11.6 Å². The van der Waals surface area contributed by atoms with Crippen LogP contribution in [0.15, 0.2) is 35.4 Å². The Labute approximate surface area is 156 Å².